The van der Waals surface area contributed by atoms with Crippen LogP contribution in [0.1, 0.15) is 29.8 Å². The van der Waals surface area contributed by atoms with Crippen LogP contribution >= 0.6 is 0 Å². The SMILES string of the molecule is CC1CN(Cc2ccccc2NC(=O)c2ccc(N(C)c3ccccc3)nc2)CC(C)O1. The maximum absolute atomic E-state index is 12.9. The lowest BCUT2D eigenvalue weighted by molar-refractivity contribution is -0.0704. The van der Waals surface area contributed by atoms with E-state index in [1.54, 1.807) is 6.20 Å². The summed E-state index contributed by atoms with van der Waals surface area (Å²) in [6.07, 6.45) is 2.04. The quantitative estimate of drug-likeness (QED) is 0.614. The minimum Gasteiger partial charge on any atom is -0.373 e. The number of benzene rings is 2. The second-order valence-electron chi connectivity index (χ2n) is 8.36. The van der Waals surface area contributed by atoms with Gasteiger partial charge in [0.1, 0.15) is 5.82 Å². The van der Waals surface area contributed by atoms with Gasteiger partial charge in [0.2, 0.25) is 0 Å². The standard InChI is InChI=1S/C26H30N4O2/c1-19-16-30(17-20(2)32-19)18-22-9-7-8-12-24(22)28-26(31)21-13-14-25(27-15-21)29(3)23-10-5-4-6-11-23/h4-15,19-20H,16-18H2,1-3H3,(H,28,31). The molecule has 1 fully saturated rings. The van der Waals surface area contributed by atoms with Crippen LogP contribution in [0.3, 0.4) is 0 Å². The van der Waals surface area contributed by atoms with Crippen LogP contribution in [0.15, 0.2) is 72.9 Å². The van der Waals surface area contributed by atoms with Crippen molar-refractivity contribution in [2.24, 2.45) is 0 Å². The molecule has 1 aliphatic heterocycles. The van der Waals surface area contributed by atoms with Crippen molar-refractivity contribution in [3.63, 3.8) is 0 Å². The molecule has 1 aliphatic rings. The highest BCUT2D eigenvalue weighted by atomic mass is 16.5. The topological polar surface area (TPSA) is 57.7 Å². The number of carbonyl (C=O) groups excluding carboxylic acids is 1. The van der Waals surface area contributed by atoms with Gasteiger partial charge in [-0.3, -0.25) is 9.69 Å². The number of hydrogen-bond donors (Lipinski definition) is 1. The van der Waals surface area contributed by atoms with E-state index in [1.807, 2.05) is 72.6 Å². The third-order valence-electron chi connectivity index (χ3n) is 5.65. The Morgan fingerprint density at radius 2 is 1.72 bits per heavy atom. The van der Waals surface area contributed by atoms with Crippen molar-refractivity contribution in [1.29, 1.82) is 0 Å². The normalized spacial score (nSPS) is 18.8. The van der Waals surface area contributed by atoms with Crippen LogP contribution in [0.2, 0.25) is 0 Å². The van der Waals surface area contributed by atoms with E-state index in [4.69, 9.17) is 4.74 Å². The van der Waals surface area contributed by atoms with Crippen molar-refractivity contribution in [3.8, 4) is 0 Å². The fourth-order valence-corrected chi connectivity index (χ4v) is 4.13. The minimum atomic E-state index is -0.164. The number of para-hydroxylation sites is 2. The molecule has 2 unspecified atom stereocenters. The van der Waals surface area contributed by atoms with Crippen LogP contribution in [0.4, 0.5) is 17.2 Å². The van der Waals surface area contributed by atoms with E-state index in [0.717, 1.165) is 42.4 Å². The Labute approximate surface area is 189 Å². The van der Waals surface area contributed by atoms with Crippen molar-refractivity contribution in [2.45, 2.75) is 32.6 Å². The molecule has 0 radical (unpaired) electrons. The fraction of sp³-hybridized carbons (Fsp3) is 0.308. The molecule has 4 rings (SSSR count). The van der Waals surface area contributed by atoms with Crippen LogP contribution in [-0.4, -0.2) is 48.1 Å². The van der Waals surface area contributed by atoms with Crippen LogP contribution in [-0.2, 0) is 11.3 Å². The van der Waals surface area contributed by atoms with Gasteiger partial charge in [-0.2, -0.15) is 0 Å². The molecule has 3 aromatic rings. The molecule has 6 nitrogen and oxygen atoms in total. The van der Waals surface area contributed by atoms with E-state index in [9.17, 15) is 4.79 Å². The van der Waals surface area contributed by atoms with Gasteiger partial charge in [0.05, 0.1) is 17.8 Å². The highest BCUT2D eigenvalue weighted by Gasteiger charge is 2.23. The molecular formula is C26H30N4O2. The Balaban J connectivity index is 1.44. The summed E-state index contributed by atoms with van der Waals surface area (Å²) < 4.78 is 5.84. The molecule has 0 aliphatic carbocycles. The molecule has 2 atom stereocenters. The summed E-state index contributed by atoms with van der Waals surface area (Å²) in [7, 11) is 1.96. The van der Waals surface area contributed by atoms with Gasteiger partial charge in [-0.1, -0.05) is 36.4 Å². The molecule has 1 aromatic heterocycles. The zero-order valence-corrected chi connectivity index (χ0v) is 18.9. The van der Waals surface area contributed by atoms with Gasteiger partial charge >= 0.3 is 0 Å². The molecule has 0 spiro atoms. The van der Waals surface area contributed by atoms with Crippen LogP contribution < -0.4 is 10.2 Å². The van der Waals surface area contributed by atoms with Crippen LogP contribution in [0.25, 0.3) is 0 Å². The molecule has 2 aromatic carbocycles. The highest BCUT2D eigenvalue weighted by Crippen LogP contribution is 2.23. The summed E-state index contributed by atoms with van der Waals surface area (Å²) in [5.41, 5.74) is 3.49. The van der Waals surface area contributed by atoms with E-state index in [-0.39, 0.29) is 18.1 Å². The average Bonchev–Trinajstić information content (AvgIpc) is 2.80. The Bertz CT molecular complexity index is 1030. The van der Waals surface area contributed by atoms with E-state index in [1.165, 1.54) is 0 Å². The smallest absolute Gasteiger partial charge is 0.257 e. The summed E-state index contributed by atoms with van der Waals surface area (Å²) in [5.74, 6) is 0.617. The van der Waals surface area contributed by atoms with Crippen LogP contribution in [0, 0.1) is 0 Å². The van der Waals surface area contributed by atoms with Gasteiger partial charge in [-0.05, 0) is 49.7 Å². The molecular weight excluding hydrogens is 400 g/mol. The number of anilines is 3. The predicted octanol–water partition coefficient (Wildman–Crippen LogP) is 4.71. The number of nitrogens with zero attached hydrogens (tertiary/aromatic N) is 3. The molecule has 1 amide bonds. The number of carbonyl (C=O) groups is 1. The third-order valence-corrected chi connectivity index (χ3v) is 5.65. The largest absolute Gasteiger partial charge is 0.373 e. The van der Waals surface area contributed by atoms with Gasteiger partial charge in [-0.15, -0.1) is 0 Å². The van der Waals surface area contributed by atoms with E-state index < -0.39 is 0 Å². The molecule has 166 valence electrons. The average molecular weight is 431 g/mol. The summed E-state index contributed by atoms with van der Waals surface area (Å²) in [6.45, 7) is 6.73. The zero-order chi connectivity index (χ0) is 22.5. The maximum Gasteiger partial charge on any atom is 0.257 e. The number of ether oxygens (including phenoxy) is 1. The Morgan fingerprint density at radius 3 is 2.41 bits per heavy atom. The Morgan fingerprint density at radius 1 is 1.03 bits per heavy atom. The molecule has 2 heterocycles. The number of rotatable bonds is 6. The number of nitrogens with one attached hydrogen (secondary N) is 1. The first-order chi connectivity index (χ1) is 15.5. The van der Waals surface area contributed by atoms with Gasteiger partial charge in [0.25, 0.3) is 5.91 Å². The Kier molecular flexibility index (Phi) is 6.83. The van der Waals surface area contributed by atoms with Crippen molar-refractivity contribution in [1.82, 2.24) is 9.88 Å². The maximum atomic E-state index is 12.9. The van der Waals surface area contributed by atoms with E-state index in [0.29, 0.717) is 5.56 Å². The van der Waals surface area contributed by atoms with E-state index >= 15 is 0 Å². The molecule has 32 heavy (non-hydrogen) atoms. The van der Waals surface area contributed by atoms with Crippen LogP contribution in [0.5, 0.6) is 0 Å². The second-order valence-corrected chi connectivity index (χ2v) is 8.36. The molecule has 1 saturated heterocycles. The van der Waals surface area contributed by atoms with Crippen molar-refractivity contribution in [2.75, 3.05) is 30.4 Å². The molecule has 6 heteroatoms. The van der Waals surface area contributed by atoms with Gasteiger partial charge in [-0.25, -0.2) is 4.98 Å². The van der Waals surface area contributed by atoms with Crippen molar-refractivity contribution < 1.29 is 9.53 Å². The number of pyridine rings is 1. The number of amides is 1. The first-order valence-electron chi connectivity index (χ1n) is 11.0. The van der Waals surface area contributed by atoms with Crippen molar-refractivity contribution in [3.05, 3.63) is 84.1 Å². The first kappa shape index (κ1) is 22.0. The number of aromatic nitrogens is 1. The molecule has 1 N–H and O–H groups in total. The molecule has 0 saturated carbocycles. The Hall–Kier alpha value is -3.22. The summed E-state index contributed by atoms with van der Waals surface area (Å²) in [5, 5.41) is 3.07. The number of hydrogen-bond acceptors (Lipinski definition) is 5. The lowest BCUT2D eigenvalue weighted by atomic mass is 10.1. The lowest BCUT2D eigenvalue weighted by Gasteiger charge is -2.35. The van der Waals surface area contributed by atoms with Crippen molar-refractivity contribution >= 4 is 23.1 Å². The highest BCUT2D eigenvalue weighted by molar-refractivity contribution is 6.04. The fourth-order valence-electron chi connectivity index (χ4n) is 4.13. The minimum absolute atomic E-state index is 0.164. The number of morpholine rings is 1. The monoisotopic (exact) mass is 430 g/mol. The first-order valence-corrected chi connectivity index (χ1v) is 11.0. The third kappa shape index (κ3) is 5.33. The molecule has 0 bridgehead atoms. The summed E-state index contributed by atoms with van der Waals surface area (Å²) in [4.78, 5) is 21.8. The summed E-state index contributed by atoms with van der Waals surface area (Å²) >= 11 is 0. The lowest BCUT2D eigenvalue weighted by Crippen LogP contribution is -2.44. The summed E-state index contributed by atoms with van der Waals surface area (Å²) in [6, 6.07) is 21.7. The van der Waals surface area contributed by atoms with E-state index in [2.05, 4.69) is 35.1 Å². The predicted molar refractivity (Wildman–Crippen MR) is 128 cm³/mol. The van der Waals surface area contributed by atoms with Gasteiger partial charge in [0, 0.05) is 44.3 Å². The zero-order valence-electron chi connectivity index (χ0n) is 18.9. The second kappa shape index (κ2) is 9.94. The van der Waals surface area contributed by atoms with Gasteiger partial charge in [0.15, 0.2) is 0 Å². The van der Waals surface area contributed by atoms with Gasteiger partial charge < -0.3 is 15.0 Å².